The van der Waals surface area contributed by atoms with Gasteiger partial charge in [-0.3, -0.25) is 9.69 Å². The van der Waals surface area contributed by atoms with Crippen LogP contribution in [0.5, 0.6) is 11.6 Å². The van der Waals surface area contributed by atoms with Crippen molar-refractivity contribution in [3.05, 3.63) is 87.5 Å². The normalized spacial score (nSPS) is 15.4. The zero-order valence-corrected chi connectivity index (χ0v) is 22.5. The number of nitrogens with zero attached hydrogens (tertiary/aromatic N) is 3. The van der Waals surface area contributed by atoms with Crippen LogP contribution in [0.15, 0.2) is 71.3 Å². The molecule has 1 unspecified atom stereocenters. The lowest BCUT2D eigenvalue weighted by molar-refractivity contribution is 0.0651. The molecule has 9 heteroatoms. The van der Waals surface area contributed by atoms with Gasteiger partial charge in [0.25, 0.3) is 5.91 Å². The molecule has 190 valence electrons. The van der Waals surface area contributed by atoms with Crippen LogP contribution in [0.1, 0.15) is 15.9 Å². The molecule has 1 aromatic heterocycles. The summed E-state index contributed by atoms with van der Waals surface area (Å²) in [5, 5.41) is 3.74. The number of hydrogen-bond acceptors (Lipinski definition) is 6. The number of rotatable bonds is 10. The Morgan fingerprint density at radius 3 is 2.64 bits per heavy atom. The highest BCUT2D eigenvalue weighted by atomic mass is 79.9. The van der Waals surface area contributed by atoms with Crippen molar-refractivity contribution in [3.63, 3.8) is 0 Å². The number of carbonyl (C=O) groups excluding carboxylic acids is 1. The summed E-state index contributed by atoms with van der Waals surface area (Å²) in [7, 11) is 2.13. The molecule has 1 saturated heterocycles. The number of halogens is 2. The summed E-state index contributed by atoms with van der Waals surface area (Å²) in [4.78, 5) is 22.4. The number of amides is 1. The summed E-state index contributed by atoms with van der Waals surface area (Å²) >= 11 is 9.49. The zero-order valence-electron chi connectivity index (χ0n) is 20.2. The maximum atomic E-state index is 13.4. The number of likely N-dealkylation sites (N-methyl/N-ethyl adjacent to an activating group) is 1. The number of carbonyl (C=O) groups is 1. The third-order valence-electron chi connectivity index (χ3n) is 5.96. The van der Waals surface area contributed by atoms with E-state index in [1.54, 1.807) is 36.5 Å². The second-order valence-electron chi connectivity index (χ2n) is 8.81. The van der Waals surface area contributed by atoms with Gasteiger partial charge in [-0.25, -0.2) is 4.98 Å². The van der Waals surface area contributed by atoms with E-state index in [4.69, 9.17) is 21.1 Å². The van der Waals surface area contributed by atoms with E-state index in [0.717, 1.165) is 31.7 Å². The molecule has 0 radical (unpaired) electrons. The average Bonchev–Trinajstić information content (AvgIpc) is 2.88. The first-order valence-electron chi connectivity index (χ1n) is 11.9. The van der Waals surface area contributed by atoms with Crippen LogP contribution in [0.3, 0.4) is 0 Å². The van der Waals surface area contributed by atoms with Gasteiger partial charge in [-0.05, 0) is 58.9 Å². The number of hydrogen-bond donors (Lipinski definition) is 1. The highest BCUT2D eigenvalue weighted by Gasteiger charge is 2.23. The molecule has 0 bridgehead atoms. The maximum absolute atomic E-state index is 13.4. The molecule has 0 aliphatic carbocycles. The summed E-state index contributed by atoms with van der Waals surface area (Å²) in [6.07, 6.45) is 1.60. The van der Waals surface area contributed by atoms with E-state index in [2.05, 4.69) is 43.1 Å². The van der Waals surface area contributed by atoms with Gasteiger partial charge in [-0.1, -0.05) is 41.9 Å². The van der Waals surface area contributed by atoms with E-state index >= 15 is 0 Å². The van der Waals surface area contributed by atoms with Crippen LogP contribution in [0, 0.1) is 0 Å². The number of ether oxygens (including phenoxy) is 2. The van der Waals surface area contributed by atoms with Gasteiger partial charge in [-0.2, -0.15) is 0 Å². The quantitative estimate of drug-likeness (QED) is 0.374. The van der Waals surface area contributed by atoms with Gasteiger partial charge in [-0.15, -0.1) is 0 Å². The van der Waals surface area contributed by atoms with Crippen LogP contribution in [0.2, 0.25) is 5.02 Å². The fraction of sp³-hybridized carbons (Fsp3) is 0.333. The van der Waals surface area contributed by atoms with Crippen LogP contribution in [0.4, 0.5) is 0 Å². The molecule has 7 nitrogen and oxygen atoms in total. The molecule has 1 N–H and O–H groups in total. The molecule has 2 heterocycles. The van der Waals surface area contributed by atoms with Crippen molar-refractivity contribution in [2.75, 3.05) is 46.4 Å². The van der Waals surface area contributed by atoms with E-state index in [9.17, 15) is 4.79 Å². The minimum Gasteiger partial charge on any atom is -0.437 e. The van der Waals surface area contributed by atoms with Crippen molar-refractivity contribution in [1.29, 1.82) is 0 Å². The van der Waals surface area contributed by atoms with Crippen molar-refractivity contribution in [2.45, 2.75) is 12.6 Å². The van der Waals surface area contributed by atoms with Crippen molar-refractivity contribution in [3.8, 4) is 11.6 Å². The molecule has 1 fully saturated rings. The zero-order chi connectivity index (χ0) is 25.3. The molecule has 1 atom stereocenters. The molecular formula is C27H30BrClN4O3. The summed E-state index contributed by atoms with van der Waals surface area (Å²) in [5.41, 5.74) is 1.45. The monoisotopic (exact) mass is 572 g/mol. The van der Waals surface area contributed by atoms with Gasteiger partial charge >= 0.3 is 0 Å². The number of benzene rings is 2. The van der Waals surface area contributed by atoms with E-state index < -0.39 is 0 Å². The lowest BCUT2D eigenvalue weighted by Gasteiger charge is -2.34. The predicted octanol–water partition coefficient (Wildman–Crippen LogP) is 4.85. The van der Waals surface area contributed by atoms with Crippen LogP contribution in [-0.2, 0) is 11.3 Å². The Balaban J connectivity index is 1.45. The topological polar surface area (TPSA) is 66.9 Å². The van der Waals surface area contributed by atoms with Gasteiger partial charge in [0.15, 0.2) is 0 Å². The first-order chi connectivity index (χ1) is 17.5. The molecule has 1 amide bonds. The maximum Gasteiger partial charge on any atom is 0.257 e. The Kier molecular flexibility index (Phi) is 9.72. The number of piperazine rings is 1. The Morgan fingerprint density at radius 2 is 1.89 bits per heavy atom. The number of pyridine rings is 1. The van der Waals surface area contributed by atoms with Crippen molar-refractivity contribution >= 4 is 33.4 Å². The Hall–Kier alpha value is -2.49. The average molecular weight is 574 g/mol. The van der Waals surface area contributed by atoms with Gasteiger partial charge in [0, 0.05) is 43.9 Å². The second-order valence-corrected chi connectivity index (χ2v) is 10.1. The highest BCUT2D eigenvalue weighted by Crippen LogP contribution is 2.32. The van der Waals surface area contributed by atoms with Crippen LogP contribution in [0.25, 0.3) is 0 Å². The number of aromatic nitrogens is 1. The van der Waals surface area contributed by atoms with Gasteiger partial charge in [0.05, 0.1) is 23.7 Å². The van der Waals surface area contributed by atoms with Crippen molar-refractivity contribution in [2.24, 2.45) is 0 Å². The SMILES string of the molecule is CN1CCN(CC(COCc2ccccc2)NC(=O)c2cccnc2Oc2ccc(Cl)cc2Br)CC1. The summed E-state index contributed by atoms with van der Waals surface area (Å²) < 4.78 is 12.7. The lowest BCUT2D eigenvalue weighted by atomic mass is 10.2. The minimum absolute atomic E-state index is 0.194. The largest absolute Gasteiger partial charge is 0.437 e. The predicted molar refractivity (Wildman–Crippen MR) is 145 cm³/mol. The third-order valence-corrected chi connectivity index (χ3v) is 6.81. The first kappa shape index (κ1) is 26.6. The van der Waals surface area contributed by atoms with Gasteiger partial charge in [0.1, 0.15) is 11.3 Å². The molecule has 2 aromatic carbocycles. The lowest BCUT2D eigenvalue weighted by Crippen LogP contribution is -2.52. The Morgan fingerprint density at radius 1 is 1.11 bits per heavy atom. The first-order valence-corrected chi connectivity index (χ1v) is 13.1. The molecule has 36 heavy (non-hydrogen) atoms. The fourth-order valence-corrected chi connectivity index (χ4v) is 4.71. The molecule has 0 spiro atoms. The van der Waals surface area contributed by atoms with Crippen LogP contribution < -0.4 is 10.1 Å². The Labute approximate surface area is 225 Å². The highest BCUT2D eigenvalue weighted by molar-refractivity contribution is 9.10. The fourth-order valence-electron chi connectivity index (χ4n) is 3.95. The van der Waals surface area contributed by atoms with E-state index in [1.807, 2.05) is 30.3 Å². The molecular weight excluding hydrogens is 544 g/mol. The second kappa shape index (κ2) is 13.2. The molecule has 3 aromatic rings. The minimum atomic E-state index is -0.259. The summed E-state index contributed by atoms with van der Waals surface area (Å²) in [5.74, 6) is 0.486. The molecule has 0 saturated carbocycles. The smallest absolute Gasteiger partial charge is 0.257 e. The standard InChI is InChI=1S/C27H30BrClN4O3/c1-32-12-14-33(15-13-32)17-22(19-35-18-20-6-3-2-4-7-20)31-26(34)23-8-5-11-30-27(23)36-25-10-9-21(29)16-24(25)28/h2-11,16,22H,12-15,17-19H2,1H3,(H,31,34). The van der Waals surface area contributed by atoms with Crippen LogP contribution in [-0.4, -0.2) is 73.1 Å². The van der Waals surface area contributed by atoms with Gasteiger partial charge in [0.2, 0.25) is 5.88 Å². The van der Waals surface area contributed by atoms with E-state index in [1.165, 1.54) is 0 Å². The molecule has 1 aliphatic heterocycles. The van der Waals surface area contributed by atoms with Gasteiger partial charge < -0.3 is 19.7 Å². The summed E-state index contributed by atoms with van der Waals surface area (Å²) in [6.45, 7) is 5.49. The van der Waals surface area contributed by atoms with Crippen LogP contribution >= 0.6 is 27.5 Å². The van der Waals surface area contributed by atoms with E-state index in [-0.39, 0.29) is 17.8 Å². The van der Waals surface area contributed by atoms with E-state index in [0.29, 0.717) is 40.6 Å². The third kappa shape index (κ3) is 7.75. The molecule has 4 rings (SSSR count). The number of nitrogens with one attached hydrogen (secondary N) is 1. The summed E-state index contributed by atoms with van der Waals surface area (Å²) in [6, 6.07) is 18.4. The van der Waals surface area contributed by atoms with Crippen molar-refractivity contribution in [1.82, 2.24) is 20.1 Å². The Bertz CT molecular complexity index is 1140. The van der Waals surface area contributed by atoms with Crippen molar-refractivity contribution < 1.29 is 14.3 Å². The molecule has 1 aliphatic rings.